The van der Waals surface area contributed by atoms with Gasteiger partial charge in [0, 0.05) is 6.07 Å². The van der Waals surface area contributed by atoms with Gasteiger partial charge in [-0.3, -0.25) is 15.1 Å². The van der Waals surface area contributed by atoms with E-state index in [0.29, 0.717) is 22.4 Å². The van der Waals surface area contributed by atoms with Crippen molar-refractivity contribution in [1.82, 2.24) is 14.9 Å². The third-order valence-corrected chi connectivity index (χ3v) is 4.86. The van der Waals surface area contributed by atoms with Crippen LogP contribution in [0.4, 0.5) is 24.5 Å². The summed E-state index contributed by atoms with van der Waals surface area (Å²) >= 11 is 0. The molecule has 0 radical (unpaired) electrons. The maximum atomic E-state index is 12.9. The molecule has 0 N–H and O–H groups in total. The van der Waals surface area contributed by atoms with Gasteiger partial charge in [-0.15, -0.1) is 10.2 Å². The second-order valence-electron chi connectivity index (χ2n) is 6.92. The Hall–Kier alpha value is -4.21. The summed E-state index contributed by atoms with van der Waals surface area (Å²) < 4.78 is 40.2. The summed E-state index contributed by atoms with van der Waals surface area (Å²) in [6.45, 7) is 0.183. The molecule has 0 aliphatic heterocycles. The van der Waals surface area contributed by atoms with Crippen LogP contribution in [0.5, 0.6) is 0 Å². The molecule has 1 heterocycles. The molecule has 7 nitrogen and oxygen atoms in total. The summed E-state index contributed by atoms with van der Waals surface area (Å²) in [4.78, 5) is 11.1. The molecule has 0 saturated carbocycles. The number of nitro groups is 1. The lowest BCUT2D eigenvalue weighted by molar-refractivity contribution is -0.384. The van der Waals surface area contributed by atoms with E-state index >= 15 is 0 Å². The van der Waals surface area contributed by atoms with E-state index in [9.17, 15) is 23.3 Å². The Morgan fingerprint density at radius 2 is 1.59 bits per heavy atom. The zero-order valence-corrected chi connectivity index (χ0v) is 16.5. The second-order valence-corrected chi connectivity index (χ2v) is 6.92. The van der Waals surface area contributed by atoms with Crippen LogP contribution in [0.3, 0.4) is 0 Å². The van der Waals surface area contributed by atoms with Gasteiger partial charge >= 0.3 is 6.18 Å². The number of hydrogen-bond acceptors (Lipinski definition) is 5. The molecule has 0 amide bonds. The number of aromatic nitrogens is 3. The maximum Gasteiger partial charge on any atom is 0.416 e. The molecule has 0 atom stereocenters. The number of hydrogen-bond donors (Lipinski definition) is 0. The van der Waals surface area contributed by atoms with Crippen molar-refractivity contribution in [1.29, 1.82) is 0 Å². The predicted molar refractivity (Wildman–Crippen MR) is 112 cm³/mol. The van der Waals surface area contributed by atoms with Crippen molar-refractivity contribution in [2.45, 2.75) is 12.7 Å². The fraction of sp³-hybridized carbons (Fsp3) is 0.0909. The van der Waals surface area contributed by atoms with Crippen molar-refractivity contribution >= 4 is 11.4 Å². The Kier molecular flexibility index (Phi) is 5.59. The zero-order valence-electron chi connectivity index (χ0n) is 16.5. The Bertz CT molecular complexity index is 1210. The Labute approximate surface area is 180 Å². The van der Waals surface area contributed by atoms with Crippen molar-refractivity contribution in [3.8, 4) is 11.1 Å². The van der Waals surface area contributed by atoms with Crippen molar-refractivity contribution < 1.29 is 18.1 Å². The summed E-state index contributed by atoms with van der Waals surface area (Å²) in [6, 6.07) is 18.4. The van der Waals surface area contributed by atoms with Gasteiger partial charge in [-0.2, -0.15) is 13.2 Å². The standard InChI is InChI=1S/C22H16F3N5O2/c23-22(24,25)18-8-6-16(7-9-18)13-29(28-14-26-27-15-28)19-10-11-21(30(31)32)20(12-19)17-4-2-1-3-5-17/h1-12,14-15H,13H2. The maximum absolute atomic E-state index is 12.9. The molecule has 0 aliphatic rings. The van der Waals surface area contributed by atoms with E-state index in [0.717, 1.165) is 12.1 Å². The highest BCUT2D eigenvalue weighted by Crippen LogP contribution is 2.34. The predicted octanol–water partition coefficient (Wildman–Crippen LogP) is 5.34. The van der Waals surface area contributed by atoms with Crippen molar-refractivity contribution in [2.24, 2.45) is 0 Å². The normalized spacial score (nSPS) is 11.3. The highest BCUT2D eigenvalue weighted by atomic mass is 19.4. The van der Waals surface area contributed by atoms with Crippen LogP contribution in [-0.4, -0.2) is 19.8 Å². The lowest BCUT2D eigenvalue weighted by atomic mass is 10.0. The lowest BCUT2D eigenvalue weighted by Gasteiger charge is -2.25. The van der Waals surface area contributed by atoms with E-state index in [4.69, 9.17) is 0 Å². The molecule has 4 rings (SSSR count). The third kappa shape index (κ3) is 4.43. The molecule has 0 spiro atoms. The zero-order chi connectivity index (χ0) is 22.7. The number of nitrogens with zero attached hydrogens (tertiary/aromatic N) is 5. The van der Waals surface area contributed by atoms with Crippen LogP contribution in [-0.2, 0) is 12.7 Å². The minimum Gasteiger partial charge on any atom is -0.274 e. The average molecular weight is 439 g/mol. The molecule has 0 unspecified atom stereocenters. The largest absolute Gasteiger partial charge is 0.416 e. The number of nitro benzene ring substituents is 1. The fourth-order valence-corrected chi connectivity index (χ4v) is 3.29. The molecule has 162 valence electrons. The third-order valence-electron chi connectivity index (χ3n) is 4.86. The monoisotopic (exact) mass is 439 g/mol. The quantitative estimate of drug-likeness (QED) is 0.299. The molecule has 1 aromatic heterocycles. The number of benzene rings is 3. The highest BCUT2D eigenvalue weighted by molar-refractivity contribution is 5.77. The van der Waals surface area contributed by atoms with Crippen molar-refractivity contribution in [3.63, 3.8) is 0 Å². The van der Waals surface area contributed by atoms with Gasteiger partial charge < -0.3 is 0 Å². The van der Waals surface area contributed by atoms with Gasteiger partial charge in [-0.25, -0.2) is 4.68 Å². The van der Waals surface area contributed by atoms with Crippen LogP contribution in [0.1, 0.15) is 11.1 Å². The molecule has 3 aromatic carbocycles. The van der Waals surface area contributed by atoms with Gasteiger partial charge in [0.05, 0.1) is 28.3 Å². The summed E-state index contributed by atoms with van der Waals surface area (Å²) in [5, 5.41) is 20.9. The minimum absolute atomic E-state index is 0.0572. The summed E-state index contributed by atoms with van der Waals surface area (Å²) in [7, 11) is 0. The first-order valence-corrected chi connectivity index (χ1v) is 9.45. The topological polar surface area (TPSA) is 77.1 Å². The Morgan fingerprint density at radius 1 is 0.938 bits per heavy atom. The molecule has 0 aliphatic carbocycles. The summed E-state index contributed by atoms with van der Waals surface area (Å²) in [5.41, 5.74) is 1.47. The highest BCUT2D eigenvalue weighted by Gasteiger charge is 2.30. The van der Waals surface area contributed by atoms with Crippen LogP contribution in [0, 0.1) is 10.1 Å². The Balaban J connectivity index is 1.75. The van der Waals surface area contributed by atoms with Crippen LogP contribution < -0.4 is 5.01 Å². The Morgan fingerprint density at radius 3 is 2.19 bits per heavy atom. The summed E-state index contributed by atoms with van der Waals surface area (Å²) in [5.74, 6) is 0. The van der Waals surface area contributed by atoms with Gasteiger partial charge in [0.2, 0.25) is 0 Å². The molecule has 0 fully saturated rings. The second kappa shape index (κ2) is 8.50. The lowest BCUT2D eigenvalue weighted by Crippen LogP contribution is -2.28. The van der Waals surface area contributed by atoms with Gasteiger partial charge in [0.15, 0.2) is 0 Å². The smallest absolute Gasteiger partial charge is 0.274 e. The number of halogens is 3. The van der Waals surface area contributed by atoms with E-state index in [1.807, 2.05) is 6.07 Å². The molecule has 0 saturated heterocycles. The van der Waals surface area contributed by atoms with E-state index in [2.05, 4.69) is 10.2 Å². The van der Waals surface area contributed by atoms with E-state index in [-0.39, 0.29) is 12.2 Å². The number of alkyl halides is 3. The van der Waals surface area contributed by atoms with Gasteiger partial charge in [-0.1, -0.05) is 42.5 Å². The van der Waals surface area contributed by atoms with E-state index in [1.165, 1.54) is 30.9 Å². The number of anilines is 1. The van der Waals surface area contributed by atoms with Gasteiger partial charge in [0.1, 0.15) is 12.7 Å². The molecule has 0 bridgehead atoms. The van der Waals surface area contributed by atoms with E-state index < -0.39 is 16.7 Å². The van der Waals surface area contributed by atoms with Crippen molar-refractivity contribution in [3.05, 3.63) is 107 Å². The molecule has 10 heteroatoms. The van der Waals surface area contributed by atoms with Crippen LogP contribution in [0.2, 0.25) is 0 Å². The SMILES string of the molecule is O=[N+]([O-])c1ccc(N(Cc2ccc(C(F)(F)F)cc2)n2cnnc2)cc1-c1ccccc1. The molecule has 32 heavy (non-hydrogen) atoms. The first-order valence-electron chi connectivity index (χ1n) is 9.45. The fourth-order valence-electron chi connectivity index (χ4n) is 3.29. The van der Waals surface area contributed by atoms with Crippen molar-refractivity contribution in [2.75, 3.05) is 5.01 Å². The summed E-state index contributed by atoms with van der Waals surface area (Å²) in [6.07, 6.45) is -1.54. The van der Waals surface area contributed by atoms with Crippen LogP contribution in [0.25, 0.3) is 11.1 Å². The average Bonchev–Trinajstić information content (AvgIpc) is 3.32. The first-order chi connectivity index (χ1) is 15.3. The molecule has 4 aromatic rings. The van der Waals surface area contributed by atoms with Gasteiger partial charge in [0.25, 0.3) is 5.69 Å². The number of rotatable bonds is 6. The van der Waals surface area contributed by atoms with E-state index in [1.54, 1.807) is 46.1 Å². The first kappa shape index (κ1) is 21.0. The molecular formula is C22H16F3N5O2. The van der Waals surface area contributed by atoms with Gasteiger partial charge in [-0.05, 0) is 35.4 Å². The molecular weight excluding hydrogens is 423 g/mol. The van der Waals surface area contributed by atoms with Crippen LogP contribution in [0.15, 0.2) is 85.5 Å². The van der Waals surface area contributed by atoms with Crippen LogP contribution >= 0.6 is 0 Å². The minimum atomic E-state index is -4.42.